The van der Waals surface area contributed by atoms with Gasteiger partial charge in [-0.1, -0.05) is 301 Å². The van der Waals surface area contributed by atoms with Gasteiger partial charge in [0.05, 0.1) is 39.9 Å². The van der Waals surface area contributed by atoms with Crippen LogP contribution < -0.4 is 10.2 Å². The fraction of sp³-hybridized carbons (Fsp3) is 0.892. The summed E-state index contributed by atoms with van der Waals surface area (Å²) in [5.74, 6) is -0.162. The number of nitrogens with zero attached hydrogens (tertiary/aromatic N) is 1. The van der Waals surface area contributed by atoms with E-state index >= 15 is 0 Å². The van der Waals surface area contributed by atoms with Crippen LogP contribution in [0.15, 0.2) is 36.5 Å². The standard InChI is InChI=1S/C65H127N2O6P/c1-6-8-10-12-14-16-18-20-22-24-26-28-30-32-33-35-37-39-41-43-45-47-49-51-53-55-57-59-65(69)66-63(62-73-74(70,71)72-61-60-67(3,4)5)64(68)58-56-54-52-50-48-46-44-42-40-38-36-34-31-29-27-25-23-21-19-17-15-13-11-9-7-2/h18,20,24,26,30,32,63-64,68H,6-17,19,21-23,25,27-29,31,33-62H2,1-5H3,(H-,66,69,70,71)/b20-18-,26-24-,32-30-. The summed E-state index contributed by atoms with van der Waals surface area (Å²) in [6, 6.07) is -0.803. The normalized spacial score (nSPS) is 14.0. The van der Waals surface area contributed by atoms with Crippen molar-refractivity contribution >= 4 is 13.7 Å². The van der Waals surface area contributed by atoms with Crippen LogP contribution in [0.5, 0.6) is 0 Å². The minimum absolute atomic E-state index is 0.0125. The maximum Gasteiger partial charge on any atom is 0.268 e. The third kappa shape index (κ3) is 58.4. The molecule has 0 saturated carbocycles. The highest BCUT2D eigenvalue weighted by Gasteiger charge is 2.24. The highest BCUT2D eigenvalue weighted by molar-refractivity contribution is 7.45. The number of hydrogen-bond acceptors (Lipinski definition) is 6. The van der Waals surface area contributed by atoms with Crippen LogP contribution in [0.25, 0.3) is 0 Å². The second-order valence-electron chi connectivity index (χ2n) is 23.5. The third-order valence-corrected chi connectivity index (χ3v) is 15.8. The summed E-state index contributed by atoms with van der Waals surface area (Å²) in [7, 11) is 1.31. The molecule has 3 atom stereocenters. The predicted octanol–water partition coefficient (Wildman–Crippen LogP) is 19.5. The summed E-state index contributed by atoms with van der Waals surface area (Å²) in [5.41, 5.74) is 0. The minimum Gasteiger partial charge on any atom is -0.756 e. The second-order valence-corrected chi connectivity index (χ2v) is 24.9. The lowest BCUT2D eigenvalue weighted by Crippen LogP contribution is -2.46. The molecule has 0 aliphatic rings. The van der Waals surface area contributed by atoms with Gasteiger partial charge in [0.25, 0.3) is 7.82 Å². The highest BCUT2D eigenvalue weighted by Crippen LogP contribution is 2.38. The molecule has 0 saturated heterocycles. The van der Waals surface area contributed by atoms with Gasteiger partial charge >= 0.3 is 0 Å². The molecule has 0 spiro atoms. The van der Waals surface area contributed by atoms with Crippen LogP contribution in [-0.2, 0) is 18.4 Å². The molecule has 0 aliphatic carbocycles. The first-order chi connectivity index (χ1) is 36.0. The molecule has 3 unspecified atom stereocenters. The smallest absolute Gasteiger partial charge is 0.268 e. The number of quaternary nitrogens is 1. The number of likely N-dealkylation sites (N-methyl/N-ethyl adjacent to an activating group) is 1. The average Bonchev–Trinajstić information content (AvgIpc) is 3.36. The first-order valence-corrected chi connectivity index (χ1v) is 33.8. The van der Waals surface area contributed by atoms with Gasteiger partial charge < -0.3 is 28.8 Å². The van der Waals surface area contributed by atoms with Gasteiger partial charge in [-0.25, -0.2) is 0 Å². The van der Waals surface area contributed by atoms with Crippen molar-refractivity contribution in [3.05, 3.63) is 36.5 Å². The van der Waals surface area contributed by atoms with E-state index in [9.17, 15) is 19.4 Å². The molecule has 0 aromatic heterocycles. The van der Waals surface area contributed by atoms with Crippen LogP contribution in [0.2, 0.25) is 0 Å². The summed E-state index contributed by atoms with van der Waals surface area (Å²) >= 11 is 0. The van der Waals surface area contributed by atoms with E-state index in [1.165, 1.54) is 244 Å². The first kappa shape index (κ1) is 72.7. The number of hydrogen-bond donors (Lipinski definition) is 2. The Hall–Kier alpha value is -1.28. The molecule has 0 aromatic carbocycles. The zero-order valence-electron chi connectivity index (χ0n) is 50.1. The Kier molecular flexibility index (Phi) is 55.5. The van der Waals surface area contributed by atoms with Crippen molar-refractivity contribution in [2.24, 2.45) is 0 Å². The Bertz CT molecular complexity index is 1300. The van der Waals surface area contributed by atoms with Crippen LogP contribution in [0, 0.1) is 0 Å². The van der Waals surface area contributed by atoms with Crippen molar-refractivity contribution in [1.82, 2.24) is 5.32 Å². The van der Waals surface area contributed by atoms with E-state index in [0.717, 1.165) is 51.4 Å². The average molecular weight is 1060 g/mol. The van der Waals surface area contributed by atoms with Gasteiger partial charge in [-0.3, -0.25) is 9.36 Å². The number of nitrogens with one attached hydrogen (secondary N) is 1. The van der Waals surface area contributed by atoms with E-state index in [1.807, 2.05) is 21.1 Å². The molecule has 74 heavy (non-hydrogen) atoms. The molecule has 0 bridgehead atoms. The van der Waals surface area contributed by atoms with Gasteiger partial charge in [-0.05, 0) is 51.4 Å². The van der Waals surface area contributed by atoms with Gasteiger partial charge in [-0.15, -0.1) is 0 Å². The number of unbranched alkanes of at least 4 members (excludes halogenated alkanes) is 41. The van der Waals surface area contributed by atoms with Gasteiger partial charge in [0.15, 0.2) is 0 Å². The number of allylic oxidation sites excluding steroid dienone is 6. The molecular formula is C65H127N2O6P. The molecule has 9 heteroatoms. The second kappa shape index (κ2) is 56.4. The molecular weight excluding hydrogens is 936 g/mol. The van der Waals surface area contributed by atoms with E-state index in [1.54, 1.807) is 0 Å². The monoisotopic (exact) mass is 1060 g/mol. The number of carbonyl (C=O) groups is 1. The first-order valence-electron chi connectivity index (χ1n) is 32.3. The SMILES string of the molecule is CCCCCCC/C=C\C/C=C\C/C=C\CCCCCCCCCCCCCCC(=O)NC(COP(=O)([O-])OCC[N+](C)(C)C)C(O)CCCCCCCCCCCCCCCCCCCCCCCCCCC. The molecule has 0 radical (unpaired) electrons. The molecule has 0 rings (SSSR count). The van der Waals surface area contributed by atoms with E-state index < -0.39 is 20.0 Å². The van der Waals surface area contributed by atoms with Crippen LogP contribution in [0.1, 0.15) is 322 Å². The molecule has 0 aromatic rings. The zero-order chi connectivity index (χ0) is 54.2. The van der Waals surface area contributed by atoms with Crippen molar-refractivity contribution in [1.29, 1.82) is 0 Å². The van der Waals surface area contributed by atoms with Crippen LogP contribution >= 0.6 is 7.82 Å². The van der Waals surface area contributed by atoms with Gasteiger partial charge in [-0.2, -0.15) is 0 Å². The Balaban J connectivity index is 4.09. The van der Waals surface area contributed by atoms with Crippen molar-refractivity contribution < 1.29 is 32.9 Å². The summed E-state index contributed by atoms with van der Waals surface area (Å²) in [5, 5.41) is 14.1. The van der Waals surface area contributed by atoms with E-state index in [2.05, 4.69) is 55.6 Å². The number of aliphatic hydroxyl groups excluding tert-OH is 1. The van der Waals surface area contributed by atoms with Crippen molar-refractivity contribution in [2.75, 3.05) is 40.9 Å². The maximum atomic E-state index is 13.0. The lowest BCUT2D eigenvalue weighted by molar-refractivity contribution is -0.870. The number of phosphoric ester groups is 1. The predicted molar refractivity (Wildman–Crippen MR) is 321 cm³/mol. The summed E-state index contributed by atoms with van der Waals surface area (Å²) in [4.78, 5) is 25.6. The number of phosphoric acid groups is 1. The van der Waals surface area contributed by atoms with E-state index in [4.69, 9.17) is 9.05 Å². The highest BCUT2D eigenvalue weighted by atomic mass is 31.2. The van der Waals surface area contributed by atoms with Crippen molar-refractivity contribution in [3.8, 4) is 0 Å². The molecule has 2 N–H and O–H groups in total. The Labute approximate surface area is 461 Å². The zero-order valence-corrected chi connectivity index (χ0v) is 51.0. The fourth-order valence-corrected chi connectivity index (χ4v) is 10.5. The van der Waals surface area contributed by atoms with Crippen LogP contribution in [0.4, 0.5) is 0 Å². The largest absolute Gasteiger partial charge is 0.756 e. The summed E-state index contributed by atoms with van der Waals surface area (Å²) in [6.07, 6.45) is 73.3. The van der Waals surface area contributed by atoms with Crippen LogP contribution in [0.3, 0.4) is 0 Å². The molecule has 0 fully saturated rings. The minimum atomic E-state index is -4.58. The van der Waals surface area contributed by atoms with E-state index in [0.29, 0.717) is 23.9 Å². The number of rotatable bonds is 60. The molecule has 0 aliphatic heterocycles. The van der Waals surface area contributed by atoms with Gasteiger partial charge in [0.2, 0.25) is 5.91 Å². The Morgan fingerprint density at radius 3 is 1.14 bits per heavy atom. The fourth-order valence-electron chi connectivity index (χ4n) is 9.82. The topological polar surface area (TPSA) is 108 Å². The third-order valence-electron chi connectivity index (χ3n) is 14.9. The quantitative estimate of drug-likeness (QED) is 0.0272. The number of aliphatic hydroxyl groups is 1. The van der Waals surface area contributed by atoms with Gasteiger partial charge in [0, 0.05) is 6.42 Å². The van der Waals surface area contributed by atoms with E-state index in [-0.39, 0.29) is 19.1 Å². The van der Waals surface area contributed by atoms with Gasteiger partial charge in [0.1, 0.15) is 13.2 Å². The lowest BCUT2D eigenvalue weighted by atomic mass is 10.0. The van der Waals surface area contributed by atoms with Crippen LogP contribution in [-0.4, -0.2) is 68.5 Å². The number of amides is 1. The molecule has 0 heterocycles. The molecule has 438 valence electrons. The van der Waals surface area contributed by atoms with Crippen molar-refractivity contribution in [2.45, 2.75) is 334 Å². The maximum absolute atomic E-state index is 13.0. The Morgan fingerprint density at radius 2 is 0.784 bits per heavy atom. The Morgan fingerprint density at radius 1 is 0.473 bits per heavy atom. The number of carbonyl (C=O) groups excluding carboxylic acids is 1. The molecule has 8 nitrogen and oxygen atoms in total. The van der Waals surface area contributed by atoms with Crippen molar-refractivity contribution in [3.63, 3.8) is 0 Å². The lowest BCUT2D eigenvalue weighted by Gasteiger charge is -2.30. The molecule has 1 amide bonds. The summed E-state index contributed by atoms with van der Waals surface area (Å²) in [6.45, 7) is 4.76. The summed E-state index contributed by atoms with van der Waals surface area (Å²) < 4.78 is 23.5.